The van der Waals surface area contributed by atoms with Crippen LogP contribution in [0.4, 0.5) is 18.9 Å². The monoisotopic (exact) mass is 555 g/mol. The molecule has 4 aromatic rings. The maximum absolute atomic E-state index is 14.0. The van der Waals surface area contributed by atoms with Crippen molar-refractivity contribution in [2.24, 2.45) is 0 Å². The van der Waals surface area contributed by atoms with Crippen LogP contribution in [0, 0.1) is 0 Å². The lowest BCUT2D eigenvalue weighted by molar-refractivity contribution is -0.142. The van der Waals surface area contributed by atoms with Crippen LogP contribution in [0.2, 0.25) is 0 Å². The molecule has 0 fully saturated rings. The van der Waals surface area contributed by atoms with Crippen molar-refractivity contribution in [1.29, 1.82) is 0 Å². The average Bonchev–Trinajstić information content (AvgIpc) is 3.22. The number of rotatable bonds is 5. The first kappa shape index (κ1) is 26.5. The molecule has 11 heteroatoms. The minimum Gasteiger partial charge on any atom is -0.497 e. The highest BCUT2D eigenvalue weighted by molar-refractivity contribution is 7.90. The number of halogens is 3. The highest BCUT2D eigenvalue weighted by Crippen LogP contribution is 2.37. The third kappa shape index (κ3) is 5.01. The molecule has 0 saturated heterocycles. The largest absolute Gasteiger partial charge is 0.497 e. The van der Waals surface area contributed by atoms with Gasteiger partial charge in [-0.15, -0.1) is 0 Å². The van der Waals surface area contributed by atoms with E-state index >= 15 is 0 Å². The van der Waals surface area contributed by atoms with Crippen LogP contribution >= 0.6 is 0 Å². The minimum atomic E-state index is -4.73. The second-order valence-corrected chi connectivity index (χ2v) is 11.1. The number of carbonyl (C=O) groups excluding carboxylic acids is 1. The van der Waals surface area contributed by atoms with Gasteiger partial charge in [-0.2, -0.15) is 18.3 Å². The summed E-state index contributed by atoms with van der Waals surface area (Å²) in [6.07, 6.45) is -3.27. The van der Waals surface area contributed by atoms with Crippen molar-refractivity contribution in [2.45, 2.75) is 23.9 Å². The lowest BCUT2D eigenvalue weighted by Crippen LogP contribution is -2.32. The summed E-state index contributed by atoms with van der Waals surface area (Å²) in [5.41, 5.74) is 0.570. The second-order valence-electron chi connectivity index (χ2n) is 9.16. The Morgan fingerprint density at radius 3 is 2.18 bits per heavy atom. The van der Waals surface area contributed by atoms with Gasteiger partial charge in [0.2, 0.25) is 0 Å². The fourth-order valence-electron chi connectivity index (χ4n) is 4.78. The summed E-state index contributed by atoms with van der Waals surface area (Å²) in [6.45, 7) is 0.201. The average molecular weight is 556 g/mol. The first-order valence-corrected chi connectivity index (χ1v) is 13.9. The van der Waals surface area contributed by atoms with E-state index in [2.05, 4.69) is 5.10 Å². The molecule has 0 radical (unpaired) electrons. The lowest BCUT2D eigenvalue weighted by atomic mass is 10.0. The number of carbonyl (C=O) groups is 1. The normalized spacial score (nSPS) is 14.2. The van der Waals surface area contributed by atoms with E-state index in [-0.39, 0.29) is 29.1 Å². The second kappa shape index (κ2) is 9.88. The zero-order valence-corrected chi connectivity index (χ0v) is 21.9. The fraction of sp³-hybridized carbons (Fsp3) is 0.214. The smallest absolute Gasteiger partial charge is 0.435 e. The number of hydrogen-bond donors (Lipinski definition) is 0. The number of anilines is 1. The van der Waals surface area contributed by atoms with Crippen LogP contribution in [0.25, 0.3) is 16.8 Å². The molecule has 1 aliphatic heterocycles. The molecule has 0 spiro atoms. The zero-order chi connectivity index (χ0) is 27.9. The summed E-state index contributed by atoms with van der Waals surface area (Å²) in [5, 5.41) is 3.84. The Morgan fingerprint density at radius 2 is 1.56 bits per heavy atom. The maximum Gasteiger partial charge on any atom is 0.435 e. The lowest BCUT2D eigenvalue weighted by Gasteiger charge is -2.22. The van der Waals surface area contributed by atoms with Crippen LogP contribution in [0.3, 0.4) is 0 Å². The summed E-state index contributed by atoms with van der Waals surface area (Å²) < 4.78 is 72.6. The number of fused-ring (bicyclic) bond motifs is 1. The van der Waals surface area contributed by atoms with Crippen molar-refractivity contribution in [2.75, 3.05) is 24.8 Å². The van der Waals surface area contributed by atoms with Crippen LogP contribution < -0.4 is 9.64 Å². The third-order valence-corrected chi connectivity index (χ3v) is 7.76. The van der Waals surface area contributed by atoms with Gasteiger partial charge in [-0.1, -0.05) is 30.3 Å². The molecule has 2 heterocycles. The van der Waals surface area contributed by atoms with Gasteiger partial charge >= 0.3 is 6.18 Å². The predicted octanol–water partition coefficient (Wildman–Crippen LogP) is 5.56. The highest BCUT2D eigenvalue weighted by atomic mass is 32.2. The van der Waals surface area contributed by atoms with E-state index in [1.54, 1.807) is 66.7 Å². The van der Waals surface area contributed by atoms with Crippen LogP contribution in [-0.4, -0.2) is 44.0 Å². The molecule has 0 bridgehead atoms. The summed E-state index contributed by atoms with van der Waals surface area (Å²) in [6, 6.07) is 19.6. The van der Waals surface area contributed by atoms with E-state index in [0.29, 0.717) is 34.7 Å². The molecule has 39 heavy (non-hydrogen) atoms. The topological polar surface area (TPSA) is 81.5 Å². The van der Waals surface area contributed by atoms with Gasteiger partial charge in [0.25, 0.3) is 5.91 Å². The van der Waals surface area contributed by atoms with Gasteiger partial charge in [-0.3, -0.25) is 4.79 Å². The van der Waals surface area contributed by atoms with Crippen molar-refractivity contribution in [1.82, 2.24) is 9.78 Å². The van der Waals surface area contributed by atoms with E-state index in [1.807, 2.05) is 0 Å². The predicted molar refractivity (Wildman–Crippen MR) is 140 cm³/mol. The number of benzene rings is 3. The highest BCUT2D eigenvalue weighted by Gasteiger charge is 2.42. The van der Waals surface area contributed by atoms with Gasteiger partial charge in [0.05, 0.1) is 17.7 Å². The Hall–Kier alpha value is -4.12. The van der Waals surface area contributed by atoms with Crippen molar-refractivity contribution in [3.63, 3.8) is 0 Å². The SMILES string of the molecule is COc1ccc(-n2nc(C(F)(F)F)c3c2C(=O)N(c2ccc(-c4ccccc4S(C)(=O)=O)cc2)CCC3)cc1. The van der Waals surface area contributed by atoms with E-state index < -0.39 is 27.6 Å². The van der Waals surface area contributed by atoms with Gasteiger partial charge in [-0.25, -0.2) is 13.1 Å². The molecule has 3 aromatic carbocycles. The fourth-order valence-corrected chi connectivity index (χ4v) is 5.70. The molecule has 1 amide bonds. The molecule has 0 unspecified atom stereocenters. The van der Waals surface area contributed by atoms with Gasteiger partial charge in [-0.05, 0) is 60.9 Å². The maximum atomic E-state index is 14.0. The minimum absolute atomic E-state index is 0.0301. The summed E-state index contributed by atoms with van der Waals surface area (Å²) in [4.78, 5) is 15.4. The van der Waals surface area contributed by atoms with E-state index in [4.69, 9.17) is 4.74 Å². The molecular weight excluding hydrogens is 531 g/mol. The number of aromatic nitrogens is 2. The van der Waals surface area contributed by atoms with Crippen LogP contribution in [0.1, 0.15) is 28.2 Å². The van der Waals surface area contributed by atoms with E-state index in [9.17, 15) is 26.4 Å². The number of ether oxygens (including phenoxy) is 1. The number of amides is 1. The van der Waals surface area contributed by atoms with Crippen molar-refractivity contribution >= 4 is 21.4 Å². The standard InChI is InChI=1S/C28H24F3N3O4S/c1-38-21-15-13-20(14-16-21)34-25-23(26(32-34)28(29,30)31)7-5-17-33(27(25)35)19-11-9-18(10-12-19)22-6-3-4-8-24(22)39(2,36)37/h3-4,6,8-16H,5,7,17H2,1-2H3. The molecule has 0 atom stereocenters. The van der Waals surface area contributed by atoms with Gasteiger partial charge in [0.1, 0.15) is 11.4 Å². The molecule has 0 aliphatic carbocycles. The Labute approximate surface area is 223 Å². The molecule has 1 aromatic heterocycles. The van der Waals surface area contributed by atoms with Crippen LogP contribution in [-0.2, 0) is 22.4 Å². The molecule has 7 nitrogen and oxygen atoms in total. The van der Waals surface area contributed by atoms with Gasteiger partial charge < -0.3 is 9.64 Å². The van der Waals surface area contributed by atoms with Crippen LogP contribution in [0.5, 0.6) is 5.75 Å². The Morgan fingerprint density at radius 1 is 0.923 bits per heavy atom. The quantitative estimate of drug-likeness (QED) is 0.322. The first-order valence-electron chi connectivity index (χ1n) is 12.0. The Balaban J connectivity index is 1.57. The van der Waals surface area contributed by atoms with E-state index in [1.165, 1.54) is 18.1 Å². The van der Waals surface area contributed by atoms with Crippen LogP contribution in [0.15, 0.2) is 77.7 Å². The summed E-state index contributed by atoms with van der Waals surface area (Å²) >= 11 is 0. The zero-order valence-electron chi connectivity index (χ0n) is 21.1. The number of nitrogens with zero attached hydrogens (tertiary/aromatic N) is 3. The molecule has 202 valence electrons. The third-order valence-electron chi connectivity index (χ3n) is 6.60. The number of alkyl halides is 3. The Bertz CT molecular complexity index is 1650. The molecular formula is C28H24F3N3O4S. The van der Waals surface area contributed by atoms with Gasteiger partial charge in [0, 0.05) is 29.6 Å². The molecule has 1 aliphatic rings. The van der Waals surface area contributed by atoms with Crippen molar-refractivity contribution < 1.29 is 31.1 Å². The molecule has 0 saturated carbocycles. The van der Waals surface area contributed by atoms with Crippen molar-refractivity contribution in [3.8, 4) is 22.6 Å². The number of hydrogen-bond acceptors (Lipinski definition) is 5. The first-order chi connectivity index (χ1) is 18.5. The van der Waals surface area contributed by atoms with E-state index in [0.717, 1.165) is 10.9 Å². The number of sulfone groups is 1. The number of methoxy groups -OCH3 is 1. The summed E-state index contributed by atoms with van der Waals surface area (Å²) in [7, 11) is -2.00. The van der Waals surface area contributed by atoms with Gasteiger partial charge in [0.15, 0.2) is 15.5 Å². The van der Waals surface area contributed by atoms with Crippen molar-refractivity contribution in [3.05, 3.63) is 89.7 Å². The molecule has 5 rings (SSSR count). The Kier molecular flexibility index (Phi) is 6.71. The molecule has 0 N–H and O–H groups in total. The summed E-state index contributed by atoms with van der Waals surface area (Å²) in [5.74, 6) is -0.0934.